The van der Waals surface area contributed by atoms with E-state index in [1.165, 1.54) is 18.2 Å². The highest BCUT2D eigenvalue weighted by atomic mass is 19.4. The summed E-state index contributed by atoms with van der Waals surface area (Å²) in [5, 5.41) is 0. The standard InChI is InChI=1S/C32H24F6O3/c1-3-4-16-27(40-23(2)24-12-7-5-8-13-24)17-11-22-30(31(33,34)35,32(36,37)38)26-18-20-28(21-19-26)41-29(39)25-14-9-6-10-15-25/h1,5-21H,2,4,22H2/b17-11-,27-16+. The molecular weight excluding hydrogens is 546 g/mol. The number of hydrogen-bond acceptors (Lipinski definition) is 3. The number of carbonyl (C=O) groups excluding carboxylic acids is 1. The zero-order chi connectivity index (χ0) is 30.1. The average Bonchev–Trinajstić information content (AvgIpc) is 2.94. The first-order valence-electron chi connectivity index (χ1n) is 12.1. The van der Waals surface area contributed by atoms with Gasteiger partial charge < -0.3 is 9.47 Å². The summed E-state index contributed by atoms with van der Waals surface area (Å²) in [6.45, 7) is 3.76. The van der Waals surface area contributed by atoms with Gasteiger partial charge in [0.2, 0.25) is 0 Å². The second-order valence-corrected chi connectivity index (χ2v) is 8.69. The lowest BCUT2D eigenvalue weighted by Gasteiger charge is -2.37. The number of alkyl halides is 6. The number of carbonyl (C=O) groups is 1. The van der Waals surface area contributed by atoms with Crippen LogP contribution in [0.25, 0.3) is 5.76 Å². The number of benzene rings is 3. The van der Waals surface area contributed by atoms with E-state index in [0.717, 1.165) is 24.3 Å². The third-order valence-corrected chi connectivity index (χ3v) is 6.00. The molecule has 0 aliphatic carbocycles. The number of allylic oxidation sites excluding steroid dienone is 3. The van der Waals surface area contributed by atoms with Crippen LogP contribution in [0.5, 0.6) is 5.75 Å². The fraction of sp³-hybridized carbons (Fsp3) is 0.156. The van der Waals surface area contributed by atoms with E-state index in [4.69, 9.17) is 15.9 Å². The summed E-state index contributed by atoms with van der Waals surface area (Å²) in [5.41, 5.74) is -4.63. The third-order valence-electron chi connectivity index (χ3n) is 6.00. The van der Waals surface area contributed by atoms with Crippen molar-refractivity contribution in [2.45, 2.75) is 30.6 Å². The van der Waals surface area contributed by atoms with Gasteiger partial charge in [-0.05, 0) is 48.4 Å². The molecule has 3 rings (SSSR count). The number of hydrogen-bond donors (Lipinski definition) is 0. The minimum atomic E-state index is -5.74. The van der Waals surface area contributed by atoms with Crippen LogP contribution in [0.3, 0.4) is 0 Å². The lowest BCUT2D eigenvalue weighted by Crippen LogP contribution is -2.53. The minimum absolute atomic E-state index is 0.00852. The maximum absolute atomic E-state index is 14.3. The molecule has 0 heterocycles. The van der Waals surface area contributed by atoms with Gasteiger partial charge in [-0.2, -0.15) is 26.3 Å². The van der Waals surface area contributed by atoms with Crippen molar-refractivity contribution >= 4 is 11.7 Å². The van der Waals surface area contributed by atoms with Crippen LogP contribution < -0.4 is 4.74 Å². The van der Waals surface area contributed by atoms with E-state index in [0.29, 0.717) is 17.7 Å². The van der Waals surface area contributed by atoms with Crippen molar-refractivity contribution in [3.05, 3.63) is 132 Å². The lowest BCUT2D eigenvalue weighted by atomic mass is 9.75. The molecular formula is C32H24F6O3. The fourth-order valence-electron chi connectivity index (χ4n) is 3.87. The van der Waals surface area contributed by atoms with Gasteiger partial charge in [-0.1, -0.05) is 73.3 Å². The molecule has 0 aliphatic rings. The van der Waals surface area contributed by atoms with Gasteiger partial charge in [0.1, 0.15) is 17.3 Å². The fourth-order valence-corrected chi connectivity index (χ4v) is 3.87. The van der Waals surface area contributed by atoms with Crippen LogP contribution in [0.1, 0.15) is 34.3 Å². The topological polar surface area (TPSA) is 35.5 Å². The van der Waals surface area contributed by atoms with E-state index in [9.17, 15) is 31.1 Å². The second-order valence-electron chi connectivity index (χ2n) is 8.69. The molecule has 212 valence electrons. The molecule has 0 aromatic heterocycles. The van der Waals surface area contributed by atoms with Crippen molar-refractivity contribution < 1.29 is 40.6 Å². The van der Waals surface area contributed by atoms with Crippen LogP contribution in [0.2, 0.25) is 0 Å². The maximum atomic E-state index is 14.3. The molecule has 0 unspecified atom stereocenters. The molecule has 3 nitrogen and oxygen atoms in total. The Morgan fingerprint density at radius 1 is 0.829 bits per heavy atom. The van der Waals surface area contributed by atoms with E-state index in [-0.39, 0.29) is 29.3 Å². The molecule has 0 N–H and O–H groups in total. The summed E-state index contributed by atoms with van der Waals surface area (Å²) in [4.78, 5) is 12.2. The lowest BCUT2D eigenvalue weighted by molar-refractivity contribution is -0.302. The van der Waals surface area contributed by atoms with Gasteiger partial charge in [-0.15, -0.1) is 12.3 Å². The van der Waals surface area contributed by atoms with Crippen LogP contribution in [-0.2, 0) is 10.2 Å². The van der Waals surface area contributed by atoms with Crippen molar-refractivity contribution in [3.63, 3.8) is 0 Å². The Morgan fingerprint density at radius 3 is 1.88 bits per heavy atom. The van der Waals surface area contributed by atoms with Gasteiger partial charge in [0.15, 0.2) is 5.41 Å². The first-order chi connectivity index (χ1) is 19.4. The monoisotopic (exact) mass is 570 g/mol. The summed E-state index contributed by atoms with van der Waals surface area (Å²) >= 11 is 0. The molecule has 0 fully saturated rings. The molecule has 9 heteroatoms. The molecule has 0 radical (unpaired) electrons. The predicted octanol–water partition coefficient (Wildman–Crippen LogP) is 8.81. The summed E-state index contributed by atoms with van der Waals surface area (Å²) < 4.78 is 96.6. The number of terminal acetylenes is 1. The largest absolute Gasteiger partial charge is 0.458 e. The summed E-state index contributed by atoms with van der Waals surface area (Å²) in [6, 6.07) is 19.3. The zero-order valence-electron chi connectivity index (χ0n) is 21.5. The van der Waals surface area contributed by atoms with Crippen molar-refractivity contribution in [1.29, 1.82) is 0 Å². The van der Waals surface area contributed by atoms with Crippen molar-refractivity contribution in [1.82, 2.24) is 0 Å². The van der Waals surface area contributed by atoms with Crippen LogP contribution in [0.4, 0.5) is 26.3 Å². The third kappa shape index (κ3) is 7.48. The van der Waals surface area contributed by atoms with Gasteiger partial charge in [-0.25, -0.2) is 4.79 Å². The Hall–Kier alpha value is -4.71. The Morgan fingerprint density at radius 2 is 1.37 bits per heavy atom. The SMILES string of the molecule is C#CC/C=C(\C=C/CC(c1ccc(OC(=O)c2ccccc2)cc1)(C(F)(F)F)C(F)(F)F)OC(=C)c1ccccc1. The first-order valence-corrected chi connectivity index (χ1v) is 12.1. The van der Waals surface area contributed by atoms with E-state index in [1.807, 2.05) is 0 Å². The van der Waals surface area contributed by atoms with Crippen LogP contribution in [0.15, 0.2) is 115 Å². The van der Waals surface area contributed by atoms with Crippen LogP contribution in [-0.4, -0.2) is 18.3 Å². The quantitative estimate of drug-likeness (QED) is 0.0610. The van der Waals surface area contributed by atoms with Gasteiger partial charge in [0.05, 0.1) is 5.56 Å². The Balaban J connectivity index is 1.91. The van der Waals surface area contributed by atoms with Crippen molar-refractivity contribution in [2.75, 3.05) is 0 Å². The Kier molecular flexibility index (Phi) is 9.85. The highest BCUT2D eigenvalue weighted by Crippen LogP contribution is 2.54. The Bertz CT molecular complexity index is 1420. The molecule has 0 aliphatic heterocycles. The minimum Gasteiger partial charge on any atom is -0.458 e. The Labute approximate surface area is 233 Å². The molecule has 0 amide bonds. The molecule has 3 aromatic carbocycles. The zero-order valence-corrected chi connectivity index (χ0v) is 21.5. The molecule has 0 spiro atoms. The number of rotatable bonds is 10. The normalized spacial score (nSPS) is 12.6. The van der Waals surface area contributed by atoms with Crippen molar-refractivity contribution in [3.8, 4) is 18.1 Å². The second kappa shape index (κ2) is 13.1. The molecule has 3 aromatic rings. The van der Waals surface area contributed by atoms with Gasteiger partial charge in [0.25, 0.3) is 0 Å². The summed E-state index contributed by atoms with van der Waals surface area (Å²) in [6.07, 6.45) is -4.66. The van der Waals surface area contributed by atoms with Gasteiger partial charge in [0, 0.05) is 12.0 Å². The first kappa shape index (κ1) is 30.8. The van der Waals surface area contributed by atoms with E-state index in [1.54, 1.807) is 48.5 Å². The summed E-state index contributed by atoms with van der Waals surface area (Å²) in [5.74, 6) is 1.32. The maximum Gasteiger partial charge on any atom is 0.407 e. The van der Waals surface area contributed by atoms with Crippen molar-refractivity contribution in [2.24, 2.45) is 0 Å². The molecule has 0 saturated heterocycles. The molecule has 41 heavy (non-hydrogen) atoms. The average molecular weight is 571 g/mol. The van der Waals surface area contributed by atoms with E-state index < -0.39 is 35.7 Å². The van der Waals surface area contributed by atoms with Gasteiger partial charge >= 0.3 is 18.3 Å². The number of halogens is 6. The number of esters is 1. The van der Waals surface area contributed by atoms with Gasteiger partial charge in [-0.3, -0.25) is 0 Å². The molecule has 0 atom stereocenters. The van der Waals surface area contributed by atoms with E-state index >= 15 is 0 Å². The van der Waals surface area contributed by atoms with Crippen LogP contribution >= 0.6 is 0 Å². The molecule has 0 bridgehead atoms. The highest BCUT2D eigenvalue weighted by Gasteiger charge is 2.70. The smallest absolute Gasteiger partial charge is 0.407 e. The van der Waals surface area contributed by atoms with E-state index in [2.05, 4.69) is 12.5 Å². The van der Waals surface area contributed by atoms with Crippen LogP contribution in [0, 0.1) is 12.3 Å². The highest BCUT2D eigenvalue weighted by molar-refractivity contribution is 5.90. The predicted molar refractivity (Wildman–Crippen MR) is 143 cm³/mol. The summed E-state index contributed by atoms with van der Waals surface area (Å²) in [7, 11) is 0. The number of ether oxygens (including phenoxy) is 2. The molecule has 0 saturated carbocycles.